The second kappa shape index (κ2) is 8.36. The Balaban J connectivity index is 1.78. The second-order valence-electron chi connectivity index (χ2n) is 5.31. The fraction of sp³-hybridized carbons (Fsp3) is 0.222. The van der Waals surface area contributed by atoms with Gasteiger partial charge in [-0.2, -0.15) is 0 Å². The smallest absolute Gasteiger partial charge is 0.313 e. The molecule has 0 saturated heterocycles. The summed E-state index contributed by atoms with van der Waals surface area (Å²) in [5.41, 5.74) is 2.61. The van der Waals surface area contributed by atoms with E-state index in [0.29, 0.717) is 16.5 Å². The van der Waals surface area contributed by atoms with Gasteiger partial charge in [-0.1, -0.05) is 41.4 Å². The van der Waals surface area contributed by atoms with E-state index in [9.17, 15) is 9.59 Å². The Labute approximate surface area is 146 Å². The van der Waals surface area contributed by atoms with Crippen LogP contribution in [-0.2, 0) is 9.59 Å². The van der Waals surface area contributed by atoms with Crippen molar-refractivity contribution in [2.75, 3.05) is 18.5 Å². The van der Waals surface area contributed by atoms with Crippen molar-refractivity contribution in [2.24, 2.45) is 0 Å². The minimum atomic E-state index is -0.710. The Bertz CT molecular complexity index is 747. The molecule has 2 aromatic carbocycles. The molecule has 0 radical (unpaired) electrons. The lowest BCUT2D eigenvalue weighted by Crippen LogP contribution is -2.37. The molecule has 0 aliphatic carbocycles. The topological polar surface area (TPSA) is 67.4 Å². The molecule has 0 aromatic heterocycles. The number of nitrogens with one attached hydrogen (secondary N) is 2. The van der Waals surface area contributed by atoms with Crippen LogP contribution in [0.2, 0.25) is 5.02 Å². The van der Waals surface area contributed by atoms with E-state index in [0.717, 1.165) is 11.1 Å². The summed E-state index contributed by atoms with van der Waals surface area (Å²) in [6, 6.07) is 12.6. The highest BCUT2D eigenvalue weighted by Crippen LogP contribution is 2.22. The fourth-order valence-corrected chi connectivity index (χ4v) is 2.29. The summed E-state index contributed by atoms with van der Waals surface area (Å²) in [6.07, 6.45) is 0. The van der Waals surface area contributed by atoms with Crippen molar-refractivity contribution in [3.05, 3.63) is 58.6 Å². The number of carbonyl (C=O) groups excluding carboxylic acids is 2. The lowest BCUT2D eigenvalue weighted by atomic mass is 10.1. The first-order chi connectivity index (χ1) is 11.5. The average molecular weight is 347 g/mol. The molecule has 6 heteroatoms. The highest BCUT2D eigenvalue weighted by Gasteiger charge is 2.14. The molecule has 0 unspecified atom stereocenters. The van der Waals surface area contributed by atoms with Crippen molar-refractivity contribution in [1.82, 2.24) is 5.32 Å². The maximum Gasteiger partial charge on any atom is 0.313 e. The van der Waals surface area contributed by atoms with E-state index >= 15 is 0 Å². The van der Waals surface area contributed by atoms with Crippen LogP contribution in [0.1, 0.15) is 11.1 Å². The van der Waals surface area contributed by atoms with E-state index in [1.54, 1.807) is 30.3 Å². The lowest BCUT2D eigenvalue weighted by molar-refractivity contribution is -0.136. The number of halogens is 1. The minimum Gasteiger partial charge on any atom is -0.490 e. The summed E-state index contributed by atoms with van der Waals surface area (Å²) >= 11 is 5.96. The molecule has 2 rings (SSSR count). The lowest BCUT2D eigenvalue weighted by Gasteiger charge is -2.10. The number of aryl methyl sites for hydroxylation is 2. The second-order valence-corrected chi connectivity index (χ2v) is 5.71. The van der Waals surface area contributed by atoms with E-state index in [1.165, 1.54) is 0 Å². The van der Waals surface area contributed by atoms with Crippen LogP contribution in [0.5, 0.6) is 5.75 Å². The van der Waals surface area contributed by atoms with E-state index in [1.807, 2.05) is 26.0 Å². The first-order valence-electron chi connectivity index (χ1n) is 7.51. The molecule has 0 fully saturated rings. The third-order valence-electron chi connectivity index (χ3n) is 3.32. The van der Waals surface area contributed by atoms with Crippen LogP contribution in [0, 0.1) is 13.8 Å². The monoisotopic (exact) mass is 346 g/mol. The van der Waals surface area contributed by atoms with Crippen LogP contribution in [0.15, 0.2) is 42.5 Å². The van der Waals surface area contributed by atoms with Gasteiger partial charge >= 0.3 is 11.8 Å². The molecule has 24 heavy (non-hydrogen) atoms. The zero-order valence-electron chi connectivity index (χ0n) is 13.6. The van der Waals surface area contributed by atoms with Crippen LogP contribution in [0.25, 0.3) is 0 Å². The number of benzene rings is 2. The van der Waals surface area contributed by atoms with Gasteiger partial charge in [-0.15, -0.1) is 0 Å². The van der Waals surface area contributed by atoms with Crippen LogP contribution in [0.4, 0.5) is 5.69 Å². The number of hydrogen-bond acceptors (Lipinski definition) is 3. The van der Waals surface area contributed by atoms with Crippen LogP contribution >= 0.6 is 11.6 Å². The Hall–Kier alpha value is -2.53. The molecule has 0 spiro atoms. The minimum absolute atomic E-state index is 0.199. The van der Waals surface area contributed by atoms with Crippen molar-refractivity contribution in [2.45, 2.75) is 13.8 Å². The normalized spacial score (nSPS) is 10.1. The van der Waals surface area contributed by atoms with Gasteiger partial charge in [0.1, 0.15) is 12.4 Å². The highest BCUT2D eigenvalue weighted by molar-refractivity contribution is 6.39. The molecule has 0 atom stereocenters. The number of amides is 2. The fourth-order valence-electron chi connectivity index (χ4n) is 2.10. The number of rotatable bonds is 5. The van der Waals surface area contributed by atoms with E-state index in [-0.39, 0.29) is 13.2 Å². The van der Waals surface area contributed by atoms with Gasteiger partial charge in [0, 0.05) is 5.69 Å². The quantitative estimate of drug-likeness (QED) is 0.645. The van der Waals surface area contributed by atoms with Gasteiger partial charge < -0.3 is 15.4 Å². The standard InChI is InChI=1S/C18H19ClN2O3/c1-12-7-8-15(13(2)11-12)21-18(23)17(22)20-9-10-24-16-6-4-3-5-14(16)19/h3-8,11H,9-10H2,1-2H3,(H,20,22)(H,21,23). The average Bonchev–Trinajstić information content (AvgIpc) is 2.55. The summed E-state index contributed by atoms with van der Waals surface area (Å²) < 4.78 is 5.44. The van der Waals surface area contributed by atoms with Crippen molar-refractivity contribution in [3.63, 3.8) is 0 Å². The predicted octanol–water partition coefficient (Wildman–Crippen LogP) is 3.09. The van der Waals surface area contributed by atoms with E-state index in [4.69, 9.17) is 16.3 Å². The molecule has 0 saturated carbocycles. The van der Waals surface area contributed by atoms with Gasteiger partial charge in [0.15, 0.2) is 0 Å². The van der Waals surface area contributed by atoms with Crippen LogP contribution < -0.4 is 15.4 Å². The summed E-state index contributed by atoms with van der Waals surface area (Å²) in [7, 11) is 0. The zero-order chi connectivity index (χ0) is 17.5. The first kappa shape index (κ1) is 17.8. The summed E-state index contributed by atoms with van der Waals surface area (Å²) in [6.45, 7) is 4.25. The highest BCUT2D eigenvalue weighted by atomic mass is 35.5. The number of ether oxygens (including phenoxy) is 1. The van der Waals surface area contributed by atoms with E-state index < -0.39 is 11.8 Å². The van der Waals surface area contributed by atoms with Crippen molar-refractivity contribution in [3.8, 4) is 5.75 Å². The molecule has 126 valence electrons. The van der Waals surface area contributed by atoms with E-state index in [2.05, 4.69) is 10.6 Å². The zero-order valence-corrected chi connectivity index (χ0v) is 14.3. The van der Waals surface area contributed by atoms with Crippen molar-refractivity contribution >= 4 is 29.1 Å². The molecule has 0 aliphatic heterocycles. The number of para-hydroxylation sites is 1. The largest absolute Gasteiger partial charge is 0.490 e. The SMILES string of the molecule is Cc1ccc(NC(=O)C(=O)NCCOc2ccccc2Cl)c(C)c1. The molecule has 2 aromatic rings. The molecule has 2 amide bonds. The van der Waals surface area contributed by atoms with Crippen LogP contribution in [-0.4, -0.2) is 25.0 Å². The molecule has 0 bridgehead atoms. The Kier molecular flexibility index (Phi) is 6.21. The van der Waals surface area contributed by atoms with Crippen molar-refractivity contribution < 1.29 is 14.3 Å². The third-order valence-corrected chi connectivity index (χ3v) is 3.63. The molecule has 0 aliphatic rings. The van der Waals surface area contributed by atoms with Crippen LogP contribution in [0.3, 0.4) is 0 Å². The Morgan fingerprint density at radius 2 is 1.83 bits per heavy atom. The van der Waals surface area contributed by atoms with Crippen molar-refractivity contribution in [1.29, 1.82) is 0 Å². The summed E-state index contributed by atoms with van der Waals surface area (Å²) in [5, 5.41) is 5.59. The summed E-state index contributed by atoms with van der Waals surface area (Å²) in [5.74, 6) is -0.884. The predicted molar refractivity (Wildman–Crippen MR) is 94.5 cm³/mol. The van der Waals surface area contributed by atoms with Gasteiger partial charge in [0.2, 0.25) is 0 Å². The van der Waals surface area contributed by atoms with Gasteiger partial charge in [0.05, 0.1) is 11.6 Å². The number of carbonyl (C=O) groups is 2. The van der Waals surface area contributed by atoms with Gasteiger partial charge in [0.25, 0.3) is 0 Å². The summed E-state index contributed by atoms with van der Waals surface area (Å²) in [4.78, 5) is 23.7. The molecule has 5 nitrogen and oxygen atoms in total. The maximum absolute atomic E-state index is 11.9. The molecular formula is C18H19ClN2O3. The molecule has 2 N–H and O–H groups in total. The number of anilines is 1. The first-order valence-corrected chi connectivity index (χ1v) is 7.89. The number of hydrogen-bond donors (Lipinski definition) is 2. The molecular weight excluding hydrogens is 328 g/mol. The Morgan fingerprint density at radius 3 is 2.54 bits per heavy atom. The molecule has 0 heterocycles. The van der Waals surface area contributed by atoms with Gasteiger partial charge in [-0.25, -0.2) is 0 Å². The Morgan fingerprint density at radius 1 is 1.08 bits per heavy atom. The van der Waals surface area contributed by atoms with Gasteiger partial charge in [-0.3, -0.25) is 9.59 Å². The third kappa shape index (κ3) is 4.99. The maximum atomic E-state index is 11.9. The van der Waals surface area contributed by atoms with Gasteiger partial charge in [-0.05, 0) is 37.6 Å².